The lowest BCUT2D eigenvalue weighted by Gasteiger charge is -2.06. The van der Waals surface area contributed by atoms with Crippen molar-refractivity contribution in [3.63, 3.8) is 0 Å². The fraction of sp³-hybridized carbons (Fsp3) is 0.375. The van der Waals surface area contributed by atoms with Crippen LogP contribution >= 0.6 is 0 Å². The van der Waals surface area contributed by atoms with Gasteiger partial charge < -0.3 is 5.73 Å². The minimum atomic E-state index is 0.0428. The Hall–Kier alpha value is -0.890. The molecule has 0 aliphatic rings. The third-order valence-corrected chi connectivity index (χ3v) is 1.48. The lowest BCUT2D eigenvalue weighted by molar-refractivity contribution is 0.772. The molecule has 10 heavy (non-hydrogen) atoms. The van der Waals surface area contributed by atoms with E-state index in [9.17, 15) is 0 Å². The van der Waals surface area contributed by atoms with Crippen molar-refractivity contribution < 1.29 is 0 Å². The highest BCUT2D eigenvalue weighted by Crippen LogP contribution is 2.09. The van der Waals surface area contributed by atoms with Gasteiger partial charge in [-0.25, -0.2) is 0 Å². The summed E-state index contributed by atoms with van der Waals surface area (Å²) in [7, 11) is 0. The SMILES string of the molecule is Cc1cccnc1[C@H](C)N. The Morgan fingerprint density at radius 1 is 1.60 bits per heavy atom. The van der Waals surface area contributed by atoms with E-state index in [4.69, 9.17) is 5.73 Å². The molecule has 0 bridgehead atoms. The van der Waals surface area contributed by atoms with E-state index in [1.54, 1.807) is 6.20 Å². The van der Waals surface area contributed by atoms with Crippen LogP contribution < -0.4 is 5.73 Å². The van der Waals surface area contributed by atoms with Crippen LogP contribution in [-0.4, -0.2) is 4.98 Å². The van der Waals surface area contributed by atoms with Crippen molar-refractivity contribution in [3.05, 3.63) is 29.6 Å². The maximum absolute atomic E-state index is 5.65. The van der Waals surface area contributed by atoms with Gasteiger partial charge in [-0.1, -0.05) is 6.07 Å². The lowest BCUT2D eigenvalue weighted by atomic mass is 10.1. The summed E-state index contributed by atoms with van der Waals surface area (Å²) >= 11 is 0. The molecule has 0 saturated carbocycles. The summed E-state index contributed by atoms with van der Waals surface area (Å²) in [5, 5.41) is 0. The molecule has 0 spiro atoms. The Morgan fingerprint density at radius 3 is 2.70 bits per heavy atom. The fourth-order valence-electron chi connectivity index (χ4n) is 0.975. The van der Waals surface area contributed by atoms with E-state index in [1.165, 1.54) is 0 Å². The van der Waals surface area contributed by atoms with Crippen molar-refractivity contribution in [1.82, 2.24) is 4.98 Å². The Bertz CT molecular complexity index is 218. The van der Waals surface area contributed by atoms with E-state index >= 15 is 0 Å². The second-order valence-electron chi connectivity index (χ2n) is 2.49. The molecule has 1 heterocycles. The predicted molar refractivity (Wildman–Crippen MR) is 41.6 cm³/mol. The Kier molecular flexibility index (Phi) is 2.02. The normalized spacial score (nSPS) is 13.1. The number of hydrogen-bond donors (Lipinski definition) is 1. The molecule has 1 atom stereocenters. The molecule has 0 amide bonds. The van der Waals surface area contributed by atoms with Crippen molar-refractivity contribution in [3.8, 4) is 0 Å². The molecular formula is C8H12N2. The van der Waals surface area contributed by atoms with Crippen LogP contribution in [0.1, 0.15) is 24.2 Å². The van der Waals surface area contributed by atoms with Crippen LogP contribution in [0.2, 0.25) is 0 Å². The summed E-state index contributed by atoms with van der Waals surface area (Å²) in [6.07, 6.45) is 1.77. The summed E-state index contributed by atoms with van der Waals surface area (Å²) in [5.74, 6) is 0. The molecule has 0 saturated heterocycles. The number of nitrogens with two attached hydrogens (primary N) is 1. The topological polar surface area (TPSA) is 38.9 Å². The van der Waals surface area contributed by atoms with Crippen molar-refractivity contribution in [2.24, 2.45) is 5.73 Å². The molecule has 0 aliphatic carbocycles. The molecule has 1 aromatic rings. The summed E-state index contributed by atoms with van der Waals surface area (Å²) in [6.45, 7) is 3.96. The molecule has 0 fully saturated rings. The van der Waals surface area contributed by atoms with Crippen molar-refractivity contribution in [1.29, 1.82) is 0 Å². The van der Waals surface area contributed by atoms with Gasteiger partial charge in [0.1, 0.15) is 0 Å². The standard InChI is InChI=1S/C8H12N2/c1-6-4-3-5-10-8(6)7(2)9/h3-5,7H,9H2,1-2H3/t7-/m0/s1. The van der Waals surface area contributed by atoms with Gasteiger partial charge in [-0.05, 0) is 25.5 Å². The zero-order valence-corrected chi connectivity index (χ0v) is 6.33. The van der Waals surface area contributed by atoms with Gasteiger partial charge in [0.05, 0.1) is 5.69 Å². The van der Waals surface area contributed by atoms with Gasteiger partial charge in [0.2, 0.25) is 0 Å². The summed E-state index contributed by atoms with van der Waals surface area (Å²) in [4.78, 5) is 4.15. The summed E-state index contributed by atoms with van der Waals surface area (Å²) < 4.78 is 0. The maximum Gasteiger partial charge on any atom is 0.0597 e. The largest absolute Gasteiger partial charge is 0.323 e. The molecule has 1 aromatic heterocycles. The highest BCUT2D eigenvalue weighted by Gasteiger charge is 2.01. The highest BCUT2D eigenvalue weighted by molar-refractivity contribution is 5.19. The first-order valence-corrected chi connectivity index (χ1v) is 3.39. The van der Waals surface area contributed by atoms with Gasteiger partial charge in [0.25, 0.3) is 0 Å². The number of aryl methyl sites for hydroxylation is 1. The monoisotopic (exact) mass is 136 g/mol. The fourth-order valence-corrected chi connectivity index (χ4v) is 0.975. The lowest BCUT2D eigenvalue weighted by Crippen LogP contribution is -2.08. The first kappa shape index (κ1) is 7.22. The highest BCUT2D eigenvalue weighted by atomic mass is 14.8. The van der Waals surface area contributed by atoms with Gasteiger partial charge >= 0.3 is 0 Å². The maximum atomic E-state index is 5.65. The zero-order chi connectivity index (χ0) is 7.56. The third-order valence-electron chi connectivity index (χ3n) is 1.48. The quantitative estimate of drug-likeness (QED) is 0.634. The van der Waals surface area contributed by atoms with Gasteiger partial charge in [-0.3, -0.25) is 4.98 Å². The molecular weight excluding hydrogens is 124 g/mol. The summed E-state index contributed by atoms with van der Waals surface area (Å²) in [5.41, 5.74) is 7.80. The Morgan fingerprint density at radius 2 is 2.30 bits per heavy atom. The molecule has 2 N–H and O–H groups in total. The van der Waals surface area contributed by atoms with Crippen LogP contribution in [0.15, 0.2) is 18.3 Å². The second-order valence-corrected chi connectivity index (χ2v) is 2.49. The van der Waals surface area contributed by atoms with Crippen molar-refractivity contribution in [2.45, 2.75) is 19.9 Å². The third kappa shape index (κ3) is 1.33. The molecule has 0 radical (unpaired) electrons. The number of hydrogen-bond acceptors (Lipinski definition) is 2. The second kappa shape index (κ2) is 2.80. The van der Waals surface area contributed by atoms with Crippen LogP contribution in [0.3, 0.4) is 0 Å². The first-order chi connectivity index (χ1) is 4.72. The van der Waals surface area contributed by atoms with E-state index in [0.29, 0.717) is 0 Å². The van der Waals surface area contributed by atoms with E-state index in [0.717, 1.165) is 11.3 Å². The molecule has 54 valence electrons. The molecule has 0 aromatic carbocycles. The number of pyridine rings is 1. The average molecular weight is 136 g/mol. The van der Waals surface area contributed by atoms with E-state index in [2.05, 4.69) is 4.98 Å². The van der Waals surface area contributed by atoms with Gasteiger partial charge in [-0.15, -0.1) is 0 Å². The van der Waals surface area contributed by atoms with E-state index in [1.807, 2.05) is 26.0 Å². The Balaban J connectivity index is 3.03. The van der Waals surface area contributed by atoms with Crippen molar-refractivity contribution in [2.75, 3.05) is 0 Å². The summed E-state index contributed by atoms with van der Waals surface area (Å²) in [6, 6.07) is 3.98. The molecule has 0 aliphatic heterocycles. The van der Waals surface area contributed by atoms with Gasteiger partial charge in [-0.2, -0.15) is 0 Å². The first-order valence-electron chi connectivity index (χ1n) is 3.39. The van der Waals surface area contributed by atoms with E-state index in [-0.39, 0.29) is 6.04 Å². The number of rotatable bonds is 1. The van der Waals surface area contributed by atoms with Crippen LogP contribution in [0.4, 0.5) is 0 Å². The number of nitrogens with zero attached hydrogens (tertiary/aromatic N) is 1. The molecule has 1 rings (SSSR count). The van der Waals surface area contributed by atoms with Crippen molar-refractivity contribution >= 4 is 0 Å². The van der Waals surface area contributed by atoms with E-state index < -0.39 is 0 Å². The van der Waals surface area contributed by atoms with Crippen LogP contribution in [0.25, 0.3) is 0 Å². The molecule has 2 heteroatoms. The average Bonchev–Trinajstić information content (AvgIpc) is 1.88. The van der Waals surface area contributed by atoms with Gasteiger partial charge in [0.15, 0.2) is 0 Å². The molecule has 2 nitrogen and oxygen atoms in total. The number of aromatic nitrogens is 1. The Labute approximate surface area is 61.1 Å². The van der Waals surface area contributed by atoms with Crippen LogP contribution in [0, 0.1) is 6.92 Å². The predicted octanol–water partition coefficient (Wildman–Crippen LogP) is 1.41. The zero-order valence-electron chi connectivity index (χ0n) is 6.33. The minimum Gasteiger partial charge on any atom is -0.323 e. The molecule has 0 unspecified atom stereocenters. The smallest absolute Gasteiger partial charge is 0.0597 e. The van der Waals surface area contributed by atoms with Gasteiger partial charge in [0, 0.05) is 12.2 Å². The van der Waals surface area contributed by atoms with Crippen LogP contribution in [-0.2, 0) is 0 Å². The minimum absolute atomic E-state index is 0.0428. The van der Waals surface area contributed by atoms with Crippen LogP contribution in [0.5, 0.6) is 0 Å².